The normalized spacial score (nSPS) is 25.2. The molecule has 2 amide bonds. The van der Waals surface area contributed by atoms with Gasteiger partial charge in [0, 0.05) is 51.2 Å². The van der Waals surface area contributed by atoms with Gasteiger partial charge < -0.3 is 15.5 Å². The molecule has 0 spiro atoms. The minimum absolute atomic E-state index is 0.0682. The minimum Gasteiger partial charge on any atom is -0.328 e. The predicted octanol–water partition coefficient (Wildman–Crippen LogP) is 2.05. The molecule has 1 aromatic carbocycles. The van der Waals surface area contributed by atoms with Crippen molar-refractivity contribution in [1.29, 1.82) is 0 Å². The number of nitrogens with two attached hydrogens (primary N) is 1. The van der Waals surface area contributed by atoms with Crippen molar-refractivity contribution >= 4 is 39.3 Å². The van der Waals surface area contributed by atoms with Crippen LogP contribution in [0.15, 0.2) is 18.2 Å². The topological polar surface area (TPSA) is 86.9 Å². The summed E-state index contributed by atoms with van der Waals surface area (Å²) in [6.07, 6.45) is 1.19. The summed E-state index contributed by atoms with van der Waals surface area (Å²) in [5.41, 5.74) is 7.24. The maximum atomic E-state index is 13.0. The van der Waals surface area contributed by atoms with E-state index in [4.69, 9.17) is 28.9 Å². The second kappa shape index (κ2) is 8.36. The average molecular weight is 449 g/mol. The lowest BCUT2D eigenvalue weighted by atomic mass is 9.85. The van der Waals surface area contributed by atoms with Crippen molar-refractivity contribution in [3.8, 4) is 0 Å². The summed E-state index contributed by atoms with van der Waals surface area (Å²) in [5.74, 6) is 0.189. The van der Waals surface area contributed by atoms with Crippen LogP contribution in [-0.4, -0.2) is 80.1 Å². The summed E-state index contributed by atoms with van der Waals surface area (Å²) in [7, 11) is -3.22. The third-order valence-electron chi connectivity index (χ3n) is 5.66. The van der Waals surface area contributed by atoms with Gasteiger partial charge in [0.1, 0.15) is 0 Å². The van der Waals surface area contributed by atoms with Crippen molar-refractivity contribution in [2.75, 3.05) is 45.5 Å². The smallest absolute Gasteiger partial charge is 0.320 e. The first kappa shape index (κ1) is 21.6. The molecule has 0 radical (unpaired) electrons. The van der Waals surface area contributed by atoms with Crippen molar-refractivity contribution in [3.05, 3.63) is 33.8 Å². The van der Waals surface area contributed by atoms with E-state index >= 15 is 0 Å². The van der Waals surface area contributed by atoms with Crippen LogP contribution in [0.4, 0.5) is 4.79 Å². The van der Waals surface area contributed by atoms with E-state index < -0.39 is 10.0 Å². The van der Waals surface area contributed by atoms with Crippen LogP contribution in [0.5, 0.6) is 0 Å². The highest BCUT2D eigenvalue weighted by molar-refractivity contribution is 7.88. The quantitative estimate of drug-likeness (QED) is 0.766. The van der Waals surface area contributed by atoms with Crippen molar-refractivity contribution in [3.63, 3.8) is 0 Å². The van der Waals surface area contributed by atoms with Crippen LogP contribution in [0.1, 0.15) is 18.4 Å². The number of nitrogens with zero attached hydrogens (tertiary/aromatic N) is 3. The van der Waals surface area contributed by atoms with E-state index in [9.17, 15) is 13.2 Å². The first-order chi connectivity index (χ1) is 13.1. The summed E-state index contributed by atoms with van der Waals surface area (Å²) in [5, 5.41) is 0.988. The molecule has 10 heteroatoms. The number of urea groups is 1. The Morgan fingerprint density at radius 3 is 2.29 bits per heavy atom. The first-order valence-electron chi connectivity index (χ1n) is 9.27. The zero-order valence-electron chi connectivity index (χ0n) is 16.0. The van der Waals surface area contributed by atoms with E-state index in [1.165, 1.54) is 10.6 Å². The molecule has 0 bridgehead atoms. The molecule has 2 saturated heterocycles. The fraction of sp³-hybridized carbons (Fsp3) is 0.611. The highest BCUT2D eigenvalue weighted by Crippen LogP contribution is 2.37. The van der Waals surface area contributed by atoms with Gasteiger partial charge in [-0.25, -0.2) is 13.2 Å². The minimum atomic E-state index is -3.22. The van der Waals surface area contributed by atoms with E-state index in [0.29, 0.717) is 49.3 Å². The molecule has 3 rings (SSSR count). The van der Waals surface area contributed by atoms with Gasteiger partial charge in [-0.15, -0.1) is 0 Å². The van der Waals surface area contributed by atoms with Gasteiger partial charge >= 0.3 is 6.03 Å². The lowest BCUT2D eigenvalue weighted by Gasteiger charge is -2.35. The number of benzene rings is 1. The van der Waals surface area contributed by atoms with Crippen molar-refractivity contribution < 1.29 is 13.2 Å². The molecule has 156 valence electrons. The standard InChI is InChI=1S/C18H26Cl2N4O3S/c1-12(21)14-10-23(11-15(14)13-3-4-16(19)17(20)9-13)18(25)22-5-7-24(8-6-22)28(2,26)27/h3-4,9,12,14-15H,5-8,10-11,21H2,1-2H3. The van der Waals surface area contributed by atoms with Crippen LogP contribution < -0.4 is 5.73 Å². The van der Waals surface area contributed by atoms with E-state index in [0.717, 1.165) is 5.56 Å². The number of hydrogen-bond acceptors (Lipinski definition) is 4. The number of sulfonamides is 1. The third kappa shape index (κ3) is 4.57. The molecule has 28 heavy (non-hydrogen) atoms. The highest BCUT2D eigenvalue weighted by atomic mass is 35.5. The summed E-state index contributed by atoms with van der Waals surface area (Å²) < 4.78 is 24.7. The van der Waals surface area contributed by atoms with Gasteiger partial charge in [-0.2, -0.15) is 4.31 Å². The van der Waals surface area contributed by atoms with Crippen molar-refractivity contribution in [1.82, 2.24) is 14.1 Å². The molecule has 3 atom stereocenters. The molecule has 0 saturated carbocycles. The highest BCUT2D eigenvalue weighted by Gasteiger charge is 2.40. The molecule has 2 heterocycles. The maximum absolute atomic E-state index is 13.0. The Morgan fingerprint density at radius 2 is 1.75 bits per heavy atom. The van der Waals surface area contributed by atoms with Crippen LogP contribution >= 0.6 is 23.2 Å². The lowest BCUT2D eigenvalue weighted by Crippen LogP contribution is -2.53. The van der Waals surface area contributed by atoms with E-state index in [2.05, 4.69) is 0 Å². The zero-order valence-corrected chi connectivity index (χ0v) is 18.3. The van der Waals surface area contributed by atoms with E-state index in [1.54, 1.807) is 11.0 Å². The van der Waals surface area contributed by atoms with Crippen LogP contribution in [0.2, 0.25) is 10.0 Å². The lowest BCUT2D eigenvalue weighted by molar-refractivity contribution is 0.140. The summed E-state index contributed by atoms with van der Waals surface area (Å²) in [4.78, 5) is 16.6. The first-order valence-corrected chi connectivity index (χ1v) is 11.9. The average Bonchev–Trinajstić information content (AvgIpc) is 3.08. The van der Waals surface area contributed by atoms with Gasteiger partial charge in [-0.05, 0) is 30.5 Å². The van der Waals surface area contributed by atoms with Crippen LogP contribution in [-0.2, 0) is 10.0 Å². The largest absolute Gasteiger partial charge is 0.328 e. The number of likely N-dealkylation sites (tertiary alicyclic amines) is 1. The second-order valence-corrected chi connectivity index (χ2v) is 10.4. The molecule has 7 nitrogen and oxygen atoms in total. The molecular weight excluding hydrogens is 423 g/mol. The Bertz CT molecular complexity index is 841. The van der Waals surface area contributed by atoms with Gasteiger partial charge in [0.2, 0.25) is 10.0 Å². The van der Waals surface area contributed by atoms with Crippen LogP contribution in [0.25, 0.3) is 0 Å². The molecular formula is C18H26Cl2N4O3S. The Hall–Kier alpha value is -1.06. The Kier molecular flexibility index (Phi) is 6.46. The summed E-state index contributed by atoms with van der Waals surface area (Å²) >= 11 is 12.2. The SMILES string of the molecule is CC(N)C1CN(C(=O)N2CCN(S(C)(=O)=O)CC2)CC1c1ccc(Cl)c(Cl)c1. The summed E-state index contributed by atoms with van der Waals surface area (Å²) in [6, 6.07) is 5.41. The molecule has 2 aliphatic rings. The molecule has 0 aromatic heterocycles. The van der Waals surface area contributed by atoms with Gasteiger partial charge in [-0.1, -0.05) is 29.3 Å². The predicted molar refractivity (Wildman–Crippen MR) is 111 cm³/mol. The van der Waals surface area contributed by atoms with Gasteiger partial charge in [0.25, 0.3) is 0 Å². The third-order valence-corrected chi connectivity index (χ3v) is 7.70. The fourth-order valence-electron chi connectivity index (χ4n) is 4.02. The van der Waals surface area contributed by atoms with E-state index in [1.807, 2.05) is 24.0 Å². The zero-order chi connectivity index (χ0) is 20.6. The van der Waals surface area contributed by atoms with Gasteiger partial charge in [0.05, 0.1) is 16.3 Å². The molecule has 0 aliphatic carbocycles. The number of hydrogen-bond donors (Lipinski definition) is 1. The second-order valence-electron chi connectivity index (χ2n) is 7.64. The summed E-state index contributed by atoms with van der Waals surface area (Å²) in [6.45, 7) is 4.50. The van der Waals surface area contributed by atoms with Crippen molar-refractivity contribution in [2.24, 2.45) is 11.7 Å². The van der Waals surface area contributed by atoms with Crippen LogP contribution in [0.3, 0.4) is 0 Å². The maximum Gasteiger partial charge on any atom is 0.320 e. The van der Waals surface area contributed by atoms with Gasteiger partial charge in [-0.3, -0.25) is 0 Å². The van der Waals surface area contributed by atoms with Crippen molar-refractivity contribution in [2.45, 2.75) is 18.9 Å². The Labute approximate surface area is 176 Å². The number of piperazine rings is 1. The number of halogens is 2. The van der Waals surface area contributed by atoms with E-state index in [-0.39, 0.29) is 23.9 Å². The molecule has 2 aliphatic heterocycles. The van der Waals surface area contributed by atoms with Crippen LogP contribution in [0, 0.1) is 5.92 Å². The number of carbonyl (C=O) groups excluding carboxylic acids is 1. The van der Waals surface area contributed by atoms with Gasteiger partial charge in [0.15, 0.2) is 0 Å². The molecule has 2 fully saturated rings. The number of amides is 2. The fourth-order valence-corrected chi connectivity index (χ4v) is 5.16. The number of carbonyl (C=O) groups is 1. The number of rotatable bonds is 3. The monoisotopic (exact) mass is 448 g/mol. The molecule has 3 unspecified atom stereocenters. The Morgan fingerprint density at radius 1 is 1.11 bits per heavy atom. The molecule has 2 N–H and O–H groups in total. The molecule has 1 aromatic rings. The Balaban J connectivity index is 1.71.